The van der Waals surface area contributed by atoms with Crippen molar-refractivity contribution >= 4 is 21.6 Å². The highest BCUT2D eigenvalue weighted by atomic mass is 35.5. The Labute approximate surface area is 124 Å². The topological polar surface area (TPSA) is 66.4 Å². The highest BCUT2D eigenvalue weighted by Crippen LogP contribution is 2.19. The SMILES string of the molecule is CCC(CC)C(O)CNS(=O)(=O)c1ccc(Cl)cc1F. The molecule has 0 radical (unpaired) electrons. The van der Waals surface area contributed by atoms with Crippen molar-refractivity contribution < 1.29 is 17.9 Å². The van der Waals surface area contributed by atoms with Crippen LogP contribution in [-0.2, 0) is 10.0 Å². The molecule has 0 fully saturated rings. The van der Waals surface area contributed by atoms with Gasteiger partial charge in [-0.2, -0.15) is 0 Å². The molecule has 0 saturated carbocycles. The third-order valence-electron chi connectivity index (χ3n) is 3.26. The fourth-order valence-electron chi connectivity index (χ4n) is 1.97. The normalized spacial score (nSPS) is 13.7. The molecule has 1 atom stereocenters. The molecule has 0 amide bonds. The fraction of sp³-hybridized carbons (Fsp3) is 0.538. The zero-order valence-electron chi connectivity index (χ0n) is 11.4. The first-order valence-corrected chi connectivity index (χ1v) is 8.30. The standard InChI is InChI=1S/C13H19ClFNO3S/c1-3-9(4-2)12(17)8-16-20(18,19)13-6-5-10(14)7-11(13)15/h5-7,9,12,16-17H,3-4,8H2,1-2H3. The van der Waals surface area contributed by atoms with Crippen molar-refractivity contribution in [2.75, 3.05) is 6.54 Å². The van der Waals surface area contributed by atoms with Crippen LogP contribution in [0.1, 0.15) is 26.7 Å². The number of benzene rings is 1. The summed E-state index contributed by atoms with van der Waals surface area (Å²) in [6, 6.07) is 3.34. The molecule has 0 aromatic heterocycles. The van der Waals surface area contributed by atoms with Gasteiger partial charge < -0.3 is 5.11 Å². The number of hydrogen-bond donors (Lipinski definition) is 2. The molecule has 1 aromatic rings. The molecule has 0 saturated heterocycles. The minimum atomic E-state index is -4.00. The second-order valence-corrected chi connectivity index (χ2v) is 6.74. The van der Waals surface area contributed by atoms with Crippen molar-refractivity contribution in [3.05, 3.63) is 29.0 Å². The van der Waals surface area contributed by atoms with Gasteiger partial charge in [-0.05, 0) is 24.1 Å². The van der Waals surface area contributed by atoms with Gasteiger partial charge in [0, 0.05) is 11.6 Å². The maximum Gasteiger partial charge on any atom is 0.243 e. The Balaban J connectivity index is 2.80. The van der Waals surface area contributed by atoms with Gasteiger partial charge in [0.05, 0.1) is 6.10 Å². The zero-order valence-corrected chi connectivity index (χ0v) is 13.0. The van der Waals surface area contributed by atoms with Gasteiger partial charge in [0.15, 0.2) is 0 Å². The molecule has 7 heteroatoms. The minimum Gasteiger partial charge on any atom is -0.391 e. The summed E-state index contributed by atoms with van der Waals surface area (Å²) in [5.74, 6) is -0.908. The molecule has 0 aliphatic rings. The molecular formula is C13H19ClFNO3S. The Morgan fingerprint density at radius 3 is 2.45 bits per heavy atom. The molecule has 0 aliphatic carbocycles. The van der Waals surface area contributed by atoms with Crippen molar-refractivity contribution in [1.29, 1.82) is 0 Å². The summed E-state index contributed by atoms with van der Waals surface area (Å²) < 4.78 is 39.7. The lowest BCUT2D eigenvalue weighted by Crippen LogP contribution is -2.36. The molecule has 1 rings (SSSR count). The summed E-state index contributed by atoms with van der Waals surface area (Å²) in [7, 11) is -4.00. The number of nitrogens with one attached hydrogen (secondary N) is 1. The summed E-state index contributed by atoms with van der Waals surface area (Å²) in [4.78, 5) is -0.473. The van der Waals surface area contributed by atoms with Gasteiger partial charge in [-0.15, -0.1) is 0 Å². The van der Waals surface area contributed by atoms with E-state index in [2.05, 4.69) is 4.72 Å². The summed E-state index contributed by atoms with van der Waals surface area (Å²) >= 11 is 5.58. The van der Waals surface area contributed by atoms with E-state index < -0.39 is 26.8 Å². The van der Waals surface area contributed by atoms with Crippen LogP contribution in [0.4, 0.5) is 4.39 Å². The predicted molar refractivity (Wildman–Crippen MR) is 76.7 cm³/mol. The molecule has 0 aliphatic heterocycles. The van der Waals surface area contributed by atoms with Crippen molar-refractivity contribution in [1.82, 2.24) is 4.72 Å². The lowest BCUT2D eigenvalue weighted by Gasteiger charge is -2.20. The van der Waals surface area contributed by atoms with Crippen molar-refractivity contribution in [2.24, 2.45) is 5.92 Å². The third-order valence-corrected chi connectivity index (χ3v) is 4.95. The largest absolute Gasteiger partial charge is 0.391 e. The molecule has 1 aromatic carbocycles. The van der Waals surface area contributed by atoms with Crippen molar-refractivity contribution in [3.63, 3.8) is 0 Å². The molecule has 0 bridgehead atoms. The summed E-state index contributed by atoms with van der Waals surface area (Å²) in [6.07, 6.45) is 0.693. The van der Waals surface area contributed by atoms with E-state index in [1.807, 2.05) is 13.8 Å². The Morgan fingerprint density at radius 1 is 1.35 bits per heavy atom. The van der Waals surface area contributed by atoms with Gasteiger partial charge in [-0.25, -0.2) is 17.5 Å². The molecular weight excluding hydrogens is 305 g/mol. The Kier molecular flexibility index (Phi) is 6.39. The lowest BCUT2D eigenvalue weighted by atomic mass is 9.97. The first-order chi connectivity index (χ1) is 9.31. The van der Waals surface area contributed by atoms with E-state index in [0.717, 1.165) is 25.0 Å². The molecule has 4 nitrogen and oxygen atoms in total. The highest BCUT2D eigenvalue weighted by molar-refractivity contribution is 7.89. The molecule has 1 unspecified atom stereocenters. The minimum absolute atomic E-state index is 0.00719. The summed E-state index contributed by atoms with van der Waals surface area (Å²) in [5, 5.41) is 10.0. The van der Waals surface area contributed by atoms with Gasteiger partial charge in [0.2, 0.25) is 10.0 Å². The third kappa shape index (κ3) is 4.41. The van der Waals surface area contributed by atoms with E-state index in [1.54, 1.807) is 0 Å². The van der Waals surface area contributed by atoms with Gasteiger partial charge in [0.1, 0.15) is 10.7 Å². The highest BCUT2D eigenvalue weighted by Gasteiger charge is 2.22. The number of aliphatic hydroxyl groups excluding tert-OH is 1. The van der Waals surface area contributed by atoms with Crippen LogP contribution in [0.2, 0.25) is 5.02 Å². The van der Waals surface area contributed by atoms with Crippen LogP contribution in [0.15, 0.2) is 23.1 Å². The number of hydrogen-bond acceptors (Lipinski definition) is 3. The maximum absolute atomic E-state index is 13.6. The van der Waals surface area contributed by atoms with E-state index in [1.165, 1.54) is 6.07 Å². The van der Waals surface area contributed by atoms with Gasteiger partial charge in [-0.1, -0.05) is 38.3 Å². The van der Waals surface area contributed by atoms with Crippen LogP contribution in [0.3, 0.4) is 0 Å². The fourth-order valence-corrected chi connectivity index (χ4v) is 3.23. The van der Waals surface area contributed by atoms with Crippen molar-refractivity contribution in [2.45, 2.75) is 37.7 Å². The van der Waals surface area contributed by atoms with Crippen LogP contribution in [-0.4, -0.2) is 26.2 Å². The van der Waals surface area contributed by atoms with E-state index in [4.69, 9.17) is 11.6 Å². The molecule has 114 valence electrons. The number of halogens is 2. The molecule has 0 heterocycles. The first-order valence-electron chi connectivity index (χ1n) is 6.44. The number of aliphatic hydroxyl groups is 1. The second-order valence-electron chi connectivity index (χ2n) is 4.57. The smallest absolute Gasteiger partial charge is 0.243 e. The first kappa shape index (κ1) is 17.4. The van der Waals surface area contributed by atoms with Crippen LogP contribution in [0.25, 0.3) is 0 Å². The van der Waals surface area contributed by atoms with Gasteiger partial charge in [-0.3, -0.25) is 0 Å². The van der Waals surface area contributed by atoms with Gasteiger partial charge >= 0.3 is 0 Å². The quantitative estimate of drug-likeness (QED) is 0.810. The molecule has 2 N–H and O–H groups in total. The summed E-state index contributed by atoms with van der Waals surface area (Å²) in [6.45, 7) is 3.70. The zero-order chi connectivity index (χ0) is 15.3. The summed E-state index contributed by atoms with van der Waals surface area (Å²) in [5.41, 5.74) is 0. The Hall–Kier alpha value is -0.690. The average Bonchev–Trinajstić information content (AvgIpc) is 2.37. The molecule has 20 heavy (non-hydrogen) atoms. The predicted octanol–water partition coefficient (Wildman–Crippen LogP) is 2.55. The van der Waals surface area contributed by atoms with E-state index in [9.17, 15) is 17.9 Å². The van der Waals surface area contributed by atoms with Crippen LogP contribution in [0.5, 0.6) is 0 Å². The van der Waals surface area contributed by atoms with E-state index in [-0.39, 0.29) is 17.5 Å². The van der Waals surface area contributed by atoms with Crippen LogP contribution < -0.4 is 4.72 Å². The van der Waals surface area contributed by atoms with E-state index >= 15 is 0 Å². The Bertz CT molecular complexity index is 547. The lowest BCUT2D eigenvalue weighted by molar-refractivity contribution is 0.107. The maximum atomic E-state index is 13.6. The molecule has 0 spiro atoms. The van der Waals surface area contributed by atoms with Crippen molar-refractivity contribution in [3.8, 4) is 0 Å². The number of rotatable bonds is 7. The van der Waals surface area contributed by atoms with Crippen LogP contribution >= 0.6 is 11.6 Å². The van der Waals surface area contributed by atoms with E-state index in [0.29, 0.717) is 0 Å². The second kappa shape index (κ2) is 7.36. The van der Waals surface area contributed by atoms with Crippen LogP contribution in [0, 0.1) is 11.7 Å². The number of sulfonamides is 1. The monoisotopic (exact) mass is 323 g/mol. The average molecular weight is 324 g/mol. The van der Waals surface area contributed by atoms with Gasteiger partial charge in [0.25, 0.3) is 0 Å². The Morgan fingerprint density at radius 2 is 1.95 bits per heavy atom.